The number of hydrogen-bond donors (Lipinski definition) is 2. The van der Waals surface area contributed by atoms with Gasteiger partial charge in [0.1, 0.15) is 0 Å². The Balaban J connectivity index is 2.08. The Morgan fingerprint density at radius 1 is 1.04 bits per heavy atom. The maximum atomic E-state index is 12.4. The normalized spacial score (nSPS) is 11.3. The number of aryl methyl sites for hydroxylation is 2. The van der Waals surface area contributed by atoms with Crippen molar-refractivity contribution in [3.05, 3.63) is 59.2 Å². The Hall–Kier alpha value is -2.18. The maximum Gasteiger partial charge on any atom is 0.241 e. The second-order valence-corrected chi connectivity index (χ2v) is 7.21. The third kappa shape index (κ3) is 4.64. The van der Waals surface area contributed by atoms with Crippen LogP contribution in [0.3, 0.4) is 0 Å². The number of amides is 1. The van der Waals surface area contributed by atoms with Crippen LogP contribution in [0.15, 0.2) is 47.4 Å². The van der Waals surface area contributed by atoms with E-state index in [4.69, 9.17) is 0 Å². The number of hydrogen-bond acceptors (Lipinski definition) is 3. The molecule has 0 aliphatic rings. The van der Waals surface area contributed by atoms with Crippen molar-refractivity contribution in [1.29, 1.82) is 0 Å². The molecule has 0 unspecified atom stereocenters. The van der Waals surface area contributed by atoms with Crippen molar-refractivity contribution in [2.75, 3.05) is 5.32 Å². The molecule has 0 aliphatic carbocycles. The standard InChI is InChI=1S/C17H20N2O3S/c1-12-4-9-17(13(2)10-12)23(21,22)18-11-15-5-7-16(8-6-15)19-14(3)20/h4-10,18H,11H2,1-3H3,(H,19,20). The molecule has 2 rings (SSSR count). The van der Waals surface area contributed by atoms with E-state index >= 15 is 0 Å². The van der Waals surface area contributed by atoms with Gasteiger partial charge in [-0.25, -0.2) is 13.1 Å². The molecule has 0 saturated heterocycles. The fraction of sp³-hybridized carbons (Fsp3) is 0.235. The quantitative estimate of drug-likeness (QED) is 0.884. The average Bonchev–Trinajstić information content (AvgIpc) is 2.45. The summed E-state index contributed by atoms with van der Waals surface area (Å²) in [4.78, 5) is 11.3. The molecule has 0 radical (unpaired) electrons. The Morgan fingerprint density at radius 3 is 2.26 bits per heavy atom. The third-order valence-corrected chi connectivity index (χ3v) is 4.92. The Morgan fingerprint density at radius 2 is 1.70 bits per heavy atom. The van der Waals surface area contributed by atoms with Crippen LogP contribution in [-0.2, 0) is 21.4 Å². The van der Waals surface area contributed by atoms with Crippen molar-refractivity contribution in [1.82, 2.24) is 4.72 Å². The summed E-state index contributed by atoms with van der Waals surface area (Å²) in [7, 11) is -3.55. The fourth-order valence-corrected chi connectivity index (χ4v) is 3.51. The zero-order chi connectivity index (χ0) is 17.0. The first kappa shape index (κ1) is 17.2. The van der Waals surface area contributed by atoms with E-state index in [1.54, 1.807) is 43.3 Å². The number of carbonyl (C=O) groups is 1. The topological polar surface area (TPSA) is 75.3 Å². The van der Waals surface area contributed by atoms with Crippen molar-refractivity contribution < 1.29 is 13.2 Å². The van der Waals surface area contributed by atoms with Crippen molar-refractivity contribution in [2.24, 2.45) is 0 Å². The fourth-order valence-electron chi connectivity index (χ4n) is 2.27. The van der Waals surface area contributed by atoms with Gasteiger partial charge in [-0.2, -0.15) is 0 Å². The van der Waals surface area contributed by atoms with Gasteiger partial charge in [0, 0.05) is 19.2 Å². The molecule has 0 aliphatic heterocycles. The van der Waals surface area contributed by atoms with Gasteiger partial charge in [0.2, 0.25) is 15.9 Å². The first-order valence-electron chi connectivity index (χ1n) is 7.21. The summed E-state index contributed by atoms with van der Waals surface area (Å²) in [6, 6.07) is 12.3. The van der Waals surface area contributed by atoms with Crippen LogP contribution in [0.2, 0.25) is 0 Å². The third-order valence-electron chi connectivity index (χ3n) is 3.36. The molecule has 6 heteroatoms. The molecule has 23 heavy (non-hydrogen) atoms. The van der Waals surface area contributed by atoms with Gasteiger partial charge in [-0.3, -0.25) is 4.79 Å². The largest absolute Gasteiger partial charge is 0.326 e. The van der Waals surface area contributed by atoms with E-state index in [-0.39, 0.29) is 17.3 Å². The van der Waals surface area contributed by atoms with Crippen LogP contribution < -0.4 is 10.0 Å². The SMILES string of the molecule is CC(=O)Nc1ccc(CNS(=O)(=O)c2ccc(C)cc2C)cc1. The first-order valence-corrected chi connectivity index (χ1v) is 8.70. The number of benzene rings is 2. The summed E-state index contributed by atoms with van der Waals surface area (Å²) in [5.74, 6) is -0.145. The van der Waals surface area contributed by atoms with Gasteiger partial charge in [0.25, 0.3) is 0 Å². The number of sulfonamides is 1. The lowest BCUT2D eigenvalue weighted by molar-refractivity contribution is -0.114. The second-order valence-electron chi connectivity index (χ2n) is 5.47. The van der Waals surface area contributed by atoms with Gasteiger partial charge in [0.15, 0.2) is 0 Å². The van der Waals surface area contributed by atoms with E-state index in [0.29, 0.717) is 5.69 Å². The molecule has 1 amide bonds. The van der Waals surface area contributed by atoms with Crippen molar-refractivity contribution >= 4 is 21.6 Å². The number of rotatable bonds is 5. The molecule has 0 aromatic heterocycles. The summed E-state index contributed by atoms with van der Waals surface area (Å²) >= 11 is 0. The predicted octanol–water partition coefficient (Wildman–Crippen LogP) is 2.74. The van der Waals surface area contributed by atoms with E-state index in [1.165, 1.54) is 6.92 Å². The highest BCUT2D eigenvalue weighted by Gasteiger charge is 2.16. The molecule has 0 atom stereocenters. The highest BCUT2D eigenvalue weighted by Crippen LogP contribution is 2.17. The lowest BCUT2D eigenvalue weighted by Gasteiger charge is -2.10. The van der Waals surface area contributed by atoms with Crippen molar-refractivity contribution in [3.8, 4) is 0 Å². The zero-order valence-corrected chi connectivity index (χ0v) is 14.2. The van der Waals surface area contributed by atoms with Gasteiger partial charge in [-0.05, 0) is 43.2 Å². The summed E-state index contributed by atoms with van der Waals surface area (Å²) in [5, 5.41) is 2.67. The minimum Gasteiger partial charge on any atom is -0.326 e. The Labute approximate surface area is 136 Å². The molecular formula is C17H20N2O3S. The van der Waals surface area contributed by atoms with Gasteiger partial charge in [0.05, 0.1) is 4.90 Å². The Kier molecular flexibility index (Phi) is 5.18. The molecule has 0 fully saturated rings. The van der Waals surface area contributed by atoms with E-state index in [9.17, 15) is 13.2 Å². The van der Waals surface area contributed by atoms with Gasteiger partial charge in [-0.1, -0.05) is 29.8 Å². The first-order chi connectivity index (χ1) is 10.8. The molecule has 2 N–H and O–H groups in total. The molecule has 122 valence electrons. The molecular weight excluding hydrogens is 312 g/mol. The number of nitrogens with one attached hydrogen (secondary N) is 2. The van der Waals surface area contributed by atoms with Crippen molar-refractivity contribution in [2.45, 2.75) is 32.2 Å². The lowest BCUT2D eigenvalue weighted by atomic mass is 10.2. The number of carbonyl (C=O) groups excluding carboxylic acids is 1. The van der Waals surface area contributed by atoms with Gasteiger partial charge < -0.3 is 5.32 Å². The number of anilines is 1. The van der Waals surface area contributed by atoms with E-state index < -0.39 is 10.0 Å². The highest BCUT2D eigenvalue weighted by molar-refractivity contribution is 7.89. The van der Waals surface area contributed by atoms with Crippen molar-refractivity contribution in [3.63, 3.8) is 0 Å². The smallest absolute Gasteiger partial charge is 0.241 e. The van der Waals surface area contributed by atoms with Crippen LogP contribution in [0, 0.1) is 13.8 Å². The average molecular weight is 332 g/mol. The Bertz CT molecular complexity index is 812. The minimum absolute atomic E-state index is 0.145. The van der Waals surface area contributed by atoms with E-state index in [2.05, 4.69) is 10.0 Å². The molecule has 0 spiro atoms. The van der Waals surface area contributed by atoms with Crippen LogP contribution in [-0.4, -0.2) is 14.3 Å². The molecule has 5 nitrogen and oxygen atoms in total. The van der Waals surface area contributed by atoms with Gasteiger partial charge in [-0.15, -0.1) is 0 Å². The molecule has 0 heterocycles. The van der Waals surface area contributed by atoms with Crippen LogP contribution >= 0.6 is 0 Å². The second kappa shape index (κ2) is 6.93. The van der Waals surface area contributed by atoms with Crippen LogP contribution in [0.1, 0.15) is 23.6 Å². The van der Waals surface area contributed by atoms with E-state index in [0.717, 1.165) is 16.7 Å². The summed E-state index contributed by atoms with van der Waals surface area (Å²) < 4.78 is 27.4. The molecule has 2 aromatic rings. The lowest BCUT2D eigenvalue weighted by Crippen LogP contribution is -2.24. The summed E-state index contributed by atoms with van der Waals surface area (Å²) in [6.07, 6.45) is 0. The van der Waals surface area contributed by atoms with Gasteiger partial charge >= 0.3 is 0 Å². The van der Waals surface area contributed by atoms with E-state index in [1.807, 2.05) is 13.0 Å². The maximum absolute atomic E-state index is 12.4. The summed E-state index contributed by atoms with van der Waals surface area (Å²) in [6.45, 7) is 5.33. The summed E-state index contributed by atoms with van der Waals surface area (Å²) in [5.41, 5.74) is 3.24. The highest BCUT2D eigenvalue weighted by atomic mass is 32.2. The minimum atomic E-state index is -3.55. The molecule has 0 saturated carbocycles. The zero-order valence-electron chi connectivity index (χ0n) is 13.4. The van der Waals surface area contributed by atoms with Crippen LogP contribution in [0.4, 0.5) is 5.69 Å². The predicted molar refractivity (Wildman–Crippen MR) is 90.7 cm³/mol. The molecule has 2 aromatic carbocycles. The van der Waals surface area contributed by atoms with Crippen LogP contribution in [0.25, 0.3) is 0 Å². The molecule has 0 bridgehead atoms. The van der Waals surface area contributed by atoms with Crippen LogP contribution in [0.5, 0.6) is 0 Å². The monoisotopic (exact) mass is 332 g/mol.